The average Bonchev–Trinajstić information content (AvgIpc) is 2.64. The van der Waals surface area contributed by atoms with Crippen LogP contribution in [-0.4, -0.2) is 24.0 Å². The summed E-state index contributed by atoms with van der Waals surface area (Å²) in [5.74, 6) is 0.438. The highest BCUT2D eigenvalue weighted by atomic mass is 16.1. The van der Waals surface area contributed by atoms with Crippen molar-refractivity contribution in [3.63, 3.8) is 0 Å². The number of aryl methyl sites for hydroxylation is 3. The first kappa shape index (κ1) is 18.4. The van der Waals surface area contributed by atoms with Gasteiger partial charge in [0.25, 0.3) is 5.91 Å². The third kappa shape index (κ3) is 4.06. The summed E-state index contributed by atoms with van der Waals surface area (Å²) in [6.45, 7) is 6.88. The molecule has 1 aromatic heterocycles. The van der Waals surface area contributed by atoms with E-state index in [9.17, 15) is 10.1 Å². The van der Waals surface area contributed by atoms with Crippen molar-refractivity contribution in [1.29, 1.82) is 5.26 Å². The van der Waals surface area contributed by atoms with Crippen LogP contribution in [0.5, 0.6) is 0 Å². The Kier molecular flexibility index (Phi) is 5.37. The van der Waals surface area contributed by atoms with Crippen LogP contribution >= 0.6 is 0 Å². The Morgan fingerprint density at radius 3 is 2.59 bits per heavy atom. The van der Waals surface area contributed by atoms with E-state index in [1.54, 1.807) is 6.07 Å². The maximum atomic E-state index is 12.2. The van der Waals surface area contributed by atoms with Crippen LogP contribution in [0.4, 0.5) is 5.82 Å². The summed E-state index contributed by atoms with van der Waals surface area (Å²) in [5.41, 5.74) is 5.21. The number of hydrogen-bond acceptors (Lipinski definition) is 4. The third-order valence-electron chi connectivity index (χ3n) is 4.50. The quantitative estimate of drug-likeness (QED) is 0.679. The van der Waals surface area contributed by atoms with Crippen molar-refractivity contribution in [2.75, 3.05) is 18.4 Å². The fourth-order valence-corrected chi connectivity index (χ4v) is 3.13. The van der Waals surface area contributed by atoms with Crippen molar-refractivity contribution in [1.82, 2.24) is 10.3 Å². The maximum Gasteiger partial charge on any atom is 0.251 e. The number of pyridine rings is 1. The minimum Gasteiger partial charge on any atom is -0.367 e. The summed E-state index contributed by atoms with van der Waals surface area (Å²) in [5, 5.41) is 16.5. The molecule has 0 radical (unpaired) electrons. The Balaban J connectivity index is 1.69. The fourth-order valence-electron chi connectivity index (χ4n) is 3.13. The highest BCUT2D eigenvalue weighted by Gasteiger charge is 2.10. The largest absolute Gasteiger partial charge is 0.367 e. The smallest absolute Gasteiger partial charge is 0.251 e. The first-order chi connectivity index (χ1) is 13.0. The van der Waals surface area contributed by atoms with E-state index < -0.39 is 0 Å². The minimum absolute atomic E-state index is 0.104. The summed E-state index contributed by atoms with van der Waals surface area (Å²) in [6.07, 6.45) is 0. The molecule has 1 heterocycles. The molecule has 0 saturated carbocycles. The van der Waals surface area contributed by atoms with Crippen LogP contribution in [0.15, 0.2) is 42.5 Å². The van der Waals surface area contributed by atoms with Crippen molar-refractivity contribution >= 4 is 22.6 Å². The molecule has 1 amide bonds. The van der Waals surface area contributed by atoms with Gasteiger partial charge in [-0.3, -0.25) is 4.79 Å². The zero-order valence-electron chi connectivity index (χ0n) is 15.8. The number of benzene rings is 2. The molecule has 2 aromatic carbocycles. The van der Waals surface area contributed by atoms with Gasteiger partial charge in [0.05, 0.1) is 11.1 Å². The molecule has 2 N–H and O–H groups in total. The fraction of sp³-hybridized carbons (Fsp3) is 0.227. The lowest BCUT2D eigenvalue weighted by atomic mass is 10.0. The Bertz CT molecular complexity index is 1050. The zero-order chi connectivity index (χ0) is 19.4. The molecule has 5 heteroatoms. The third-order valence-corrected chi connectivity index (χ3v) is 4.50. The van der Waals surface area contributed by atoms with E-state index in [2.05, 4.69) is 27.8 Å². The molecule has 0 bridgehead atoms. The molecule has 5 nitrogen and oxygen atoms in total. The molecule has 0 aliphatic rings. The van der Waals surface area contributed by atoms with E-state index >= 15 is 0 Å². The molecule has 0 fully saturated rings. The lowest BCUT2D eigenvalue weighted by Crippen LogP contribution is -2.29. The maximum absolute atomic E-state index is 12.2. The summed E-state index contributed by atoms with van der Waals surface area (Å²) in [6, 6.07) is 15.6. The minimum atomic E-state index is -0.104. The number of aromatic nitrogens is 1. The van der Waals surface area contributed by atoms with Gasteiger partial charge in [-0.05, 0) is 55.7 Å². The number of carbonyl (C=O) groups is 1. The SMILES string of the molecule is Cc1cc(C)c2cc(C#N)c(NCCNC(=O)c3ccccc3C)nc2c1. The number of nitrogens with one attached hydrogen (secondary N) is 2. The molecule has 0 aliphatic heterocycles. The van der Waals surface area contributed by atoms with Crippen molar-refractivity contribution in [2.45, 2.75) is 20.8 Å². The summed E-state index contributed by atoms with van der Waals surface area (Å²) < 4.78 is 0. The summed E-state index contributed by atoms with van der Waals surface area (Å²) >= 11 is 0. The van der Waals surface area contributed by atoms with Crippen LogP contribution in [0.1, 0.15) is 32.6 Å². The molecular formula is C22H22N4O. The average molecular weight is 358 g/mol. The zero-order valence-corrected chi connectivity index (χ0v) is 15.8. The van der Waals surface area contributed by atoms with Gasteiger partial charge in [-0.25, -0.2) is 4.98 Å². The lowest BCUT2D eigenvalue weighted by molar-refractivity contribution is 0.0954. The van der Waals surface area contributed by atoms with Crippen LogP contribution in [0.3, 0.4) is 0 Å². The Morgan fingerprint density at radius 1 is 1.07 bits per heavy atom. The predicted molar refractivity (Wildman–Crippen MR) is 108 cm³/mol. The van der Waals surface area contributed by atoms with Gasteiger partial charge >= 0.3 is 0 Å². The van der Waals surface area contributed by atoms with Crippen molar-refractivity contribution in [3.05, 3.63) is 70.3 Å². The lowest BCUT2D eigenvalue weighted by Gasteiger charge is -2.12. The molecule has 0 spiro atoms. The Labute approximate surface area is 159 Å². The van der Waals surface area contributed by atoms with Gasteiger partial charge in [0.1, 0.15) is 11.9 Å². The molecule has 27 heavy (non-hydrogen) atoms. The number of hydrogen-bond donors (Lipinski definition) is 2. The first-order valence-electron chi connectivity index (χ1n) is 8.89. The van der Waals surface area contributed by atoms with Gasteiger partial charge in [-0.1, -0.05) is 24.3 Å². The first-order valence-corrected chi connectivity index (χ1v) is 8.89. The second-order valence-corrected chi connectivity index (χ2v) is 6.64. The van der Waals surface area contributed by atoms with Gasteiger partial charge in [0, 0.05) is 24.0 Å². The van der Waals surface area contributed by atoms with Gasteiger partial charge in [-0.15, -0.1) is 0 Å². The van der Waals surface area contributed by atoms with Crippen LogP contribution in [0.2, 0.25) is 0 Å². The second-order valence-electron chi connectivity index (χ2n) is 6.64. The van der Waals surface area contributed by atoms with Gasteiger partial charge in [-0.2, -0.15) is 5.26 Å². The Morgan fingerprint density at radius 2 is 1.85 bits per heavy atom. The molecule has 3 aromatic rings. The van der Waals surface area contributed by atoms with Crippen molar-refractivity contribution in [2.24, 2.45) is 0 Å². The molecule has 0 atom stereocenters. The van der Waals surface area contributed by atoms with E-state index in [-0.39, 0.29) is 5.91 Å². The Hall–Kier alpha value is -3.39. The number of rotatable bonds is 5. The number of nitriles is 1. The van der Waals surface area contributed by atoms with Gasteiger partial charge in [0.15, 0.2) is 0 Å². The topological polar surface area (TPSA) is 77.8 Å². The summed E-state index contributed by atoms with van der Waals surface area (Å²) in [7, 11) is 0. The van der Waals surface area contributed by atoms with E-state index in [1.807, 2.05) is 51.1 Å². The monoisotopic (exact) mass is 358 g/mol. The molecule has 0 unspecified atom stereocenters. The van der Waals surface area contributed by atoms with E-state index in [0.29, 0.717) is 30.0 Å². The number of amides is 1. The summed E-state index contributed by atoms with van der Waals surface area (Å²) in [4.78, 5) is 16.9. The standard InChI is InChI=1S/C22H22N4O/c1-14-10-16(3)19-12-17(13-23)21(26-20(19)11-14)24-8-9-25-22(27)18-7-5-4-6-15(18)2/h4-7,10-12H,8-9H2,1-3H3,(H,24,26)(H,25,27). The molecule has 0 saturated heterocycles. The van der Waals surface area contributed by atoms with Crippen molar-refractivity contribution in [3.8, 4) is 6.07 Å². The highest BCUT2D eigenvalue weighted by Crippen LogP contribution is 2.24. The predicted octanol–water partition coefficient (Wildman–Crippen LogP) is 3.87. The highest BCUT2D eigenvalue weighted by molar-refractivity contribution is 5.95. The number of fused-ring (bicyclic) bond motifs is 1. The van der Waals surface area contributed by atoms with E-state index in [1.165, 1.54) is 0 Å². The molecule has 3 rings (SSSR count). The normalized spacial score (nSPS) is 10.4. The molecular weight excluding hydrogens is 336 g/mol. The van der Waals surface area contributed by atoms with Crippen LogP contribution in [0.25, 0.3) is 10.9 Å². The number of anilines is 1. The van der Waals surface area contributed by atoms with Crippen LogP contribution in [-0.2, 0) is 0 Å². The van der Waals surface area contributed by atoms with E-state index in [4.69, 9.17) is 0 Å². The number of nitrogens with zero attached hydrogens (tertiary/aromatic N) is 2. The second kappa shape index (κ2) is 7.88. The van der Waals surface area contributed by atoms with Crippen LogP contribution < -0.4 is 10.6 Å². The van der Waals surface area contributed by atoms with Crippen molar-refractivity contribution < 1.29 is 4.79 Å². The van der Waals surface area contributed by atoms with Gasteiger partial charge in [0.2, 0.25) is 0 Å². The van der Waals surface area contributed by atoms with Gasteiger partial charge < -0.3 is 10.6 Å². The molecule has 136 valence electrons. The van der Waals surface area contributed by atoms with Crippen LogP contribution in [0, 0.1) is 32.1 Å². The van der Waals surface area contributed by atoms with E-state index in [0.717, 1.165) is 27.6 Å². The number of carbonyl (C=O) groups excluding carboxylic acids is 1. The molecule has 0 aliphatic carbocycles.